The van der Waals surface area contributed by atoms with Crippen molar-refractivity contribution >= 4 is 6.09 Å². The molecule has 0 saturated carbocycles. The highest BCUT2D eigenvalue weighted by atomic mass is 16.6. The molecule has 4 heteroatoms. The molecule has 3 saturated heterocycles. The zero-order valence-electron chi connectivity index (χ0n) is 17.9. The number of rotatable bonds is 4. The molecule has 3 heterocycles. The van der Waals surface area contributed by atoms with Crippen molar-refractivity contribution in [3.05, 3.63) is 59.2 Å². The molecule has 2 bridgehead atoms. The maximum atomic E-state index is 12.7. The highest BCUT2D eigenvalue weighted by Crippen LogP contribution is 2.34. The van der Waals surface area contributed by atoms with Gasteiger partial charge in [0.2, 0.25) is 0 Å². The van der Waals surface area contributed by atoms with Crippen molar-refractivity contribution in [3.63, 3.8) is 0 Å². The summed E-state index contributed by atoms with van der Waals surface area (Å²) in [6.45, 7) is 5.41. The standard InChI is InChI=1S/C26H32N2O2/c1-2-18-5-3-6-20(15-18)21-9-10-23-22(16-21)7-4-8-24(23)27-26(29)30-25-17-28-13-11-19(25)12-14-28/h3,5-6,9-10,15-16,19,24-25H,2,4,7-8,11-14,17H2,1H3,(H,27,29)/t24?,25-/m0/s1. The molecule has 3 aliphatic heterocycles. The van der Waals surface area contributed by atoms with Crippen LogP contribution in [0.25, 0.3) is 11.1 Å². The van der Waals surface area contributed by atoms with Gasteiger partial charge in [-0.15, -0.1) is 0 Å². The Morgan fingerprint density at radius 3 is 2.70 bits per heavy atom. The van der Waals surface area contributed by atoms with E-state index in [1.807, 2.05) is 0 Å². The molecule has 0 spiro atoms. The smallest absolute Gasteiger partial charge is 0.407 e. The van der Waals surface area contributed by atoms with Gasteiger partial charge in [0.25, 0.3) is 0 Å². The van der Waals surface area contributed by atoms with Crippen LogP contribution in [0.3, 0.4) is 0 Å². The summed E-state index contributed by atoms with van der Waals surface area (Å²) in [5.41, 5.74) is 6.50. The van der Waals surface area contributed by atoms with Crippen molar-refractivity contribution in [1.82, 2.24) is 10.2 Å². The molecule has 4 nitrogen and oxygen atoms in total. The second-order valence-electron chi connectivity index (χ2n) is 9.14. The van der Waals surface area contributed by atoms with E-state index in [0.29, 0.717) is 5.92 Å². The van der Waals surface area contributed by atoms with Gasteiger partial charge in [-0.25, -0.2) is 4.79 Å². The Morgan fingerprint density at radius 1 is 1.10 bits per heavy atom. The second kappa shape index (κ2) is 8.43. The minimum atomic E-state index is -0.244. The van der Waals surface area contributed by atoms with E-state index in [2.05, 4.69) is 59.6 Å². The first kappa shape index (κ1) is 19.6. The van der Waals surface area contributed by atoms with E-state index < -0.39 is 0 Å². The van der Waals surface area contributed by atoms with Gasteiger partial charge in [0, 0.05) is 6.54 Å². The fraction of sp³-hybridized carbons (Fsp3) is 0.500. The maximum Gasteiger partial charge on any atom is 0.407 e. The van der Waals surface area contributed by atoms with Crippen LogP contribution < -0.4 is 5.32 Å². The molecule has 2 aromatic rings. The number of carbonyl (C=O) groups is 1. The normalized spacial score (nSPS) is 27.4. The summed E-state index contributed by atoms with van der Waals surface area (Å²) in [5, 5.41) is 3.18. The number of benzene rings is 2. The van der Waals surface area contributed by atoms with E-state index in [1.165, 1.54) is 27.8 Å². The van der Waals surface area contributed by atoms with E-state index in [1.54, 1.807) is 0 Å². The SMILES string of the molecule is CCc1cccc(-c2ccc3c(c2)CCCC3NC(=O)O[C@H]2CN3CCC2CC3)c1. The lowest BCUT2D eigenvalue weighted by Gasteiger charge is -2.44. The number of fused-ring (bicyclic) bond motifs is 4. The van der Waals surface area contributed by atoms with Gasteiger partial charge in [0.15, 0.2) is 0 Å². The number of hydrogen-bond donors (Lipinski definition) is 1. The molecule has 1 N–H and O–H groups in total. The third-order valence-corrected chi connectivity index (χ3v) is 7.27. The first-order valence-electron chi connectivity index (χ1n) is 11.6. The quantitative estimate of drug-likeness (QED) is 0.770. The monoisotopic (exact) mass is 404 g/mol. The van der Waals surface area contributed by atoms with Crippen LogP contribution in [0.1, 0.15) is 55.3 Å². The summed E-state index contributed by atoms with van der Waals surface area (Å²) in [7, 11) is 0. The van der Waals surface area contributed by atoms with Crippen LogP contribution in [0, 0.1) is 5.92 Å². The number of nitrogens with zero attached hydrogens (tertiary/aromatic N) is 1. The third-order valence-electron chi connectivity index (χ3n) is 7.27. The third kappa shape index (κ3) is 3.98. The van der Waals surface area contributed by atoms with Crippen LogP contribution >= 0.6 is 0 Å². The van der Waals surface area contributed by atoms with Crippen molar-refractivity contribution in [2.45, 2.75) is 57.6 Å². The summed E-state index contributed by atoms with van der Waals surface area (Å²) in [5.74, 6) is 0.542. The van der Waals surface area contributed by atoms with E-state index in [0.717, 1.165) is 58.2 Å². The number of hydrogen-bond acceptors (Lipinski definition) is 3. The van der Waals surface area contributed by atoms with Gasteiger partial charge >= 0.3 is 6.09 Å². The van der Waals surface area contributed by atoms with Gasteiger partial charge in [-0.05, 0) is 85.3 Å². The number of carbonyl (C=O) groups excluding carboxylic acids is 1. The summed E-state index contributed by atoms with van der Waals surface area (Å²) in [4.78, 5) is 15.1. The maximum absolute atomic E-state index is 12.7. The van der Waals surface area contributed by atoms with Crippen LogP contribution in [-0.4, -0.2) is 36.7 Å². The Bertz CT molecular complexity index is 917. The van der Waals surface area contributed by atoms with Gasteiger partial charge in [-0.1, -0.05) is 49.4 Å². The predicted octanol–water partition coefficient (Wildman–Crippen LogP) is 5.11. The molecule has 1 amide bonds. The van der Waals surface area contributed by atoms with Crippen LogP contribution in [0.15, 0.2) is 42.5 Å². The molecule has 3 fully saturated rings. The number of amides is 1. The molecular formula is C26H32N2O2. The molecule has 2 aromatic carbocycles. The summed E-state index contributed by atoms with van der Waals surface area (Å²) in [6, 6.07) is 15.6. The summed E-state index contributed by atoms with van der Waals surface area (Å²) in [6.07, 6.45) is 6.33. The Morgan fingerprint density at radius 2 is 1.93 bits per heavy atom. The van der Waals surface area contributed by atoms with Crippen LogP contribution in [0.2, 0.25) is 0 Å². The fourth-order valence-corrected chi connectivity index (χ4v) is 5.47. The largest absolute Gasteiger partial charge is 0.445 e. The molecule has 0 aromatic heterocycles. The molecular weight excluding hydrogens is 372 g/mol. The second-order valence-corrected chi connectivity index (χ2v) is 9.14. The molecule has 1 aliphatic carbocycles. The Kier molecular flexibility index (Phi) is 5.51. The van der Waals surface area contributed by atoms with E-state index >= 15 is 0 Å². The van der Waals surface area contributed by atoms with E-state index in [9.17, 15) is 4.79 Å². The minimum absolute atomic E-state index is 0.0540. The molecule has 158 valence electrons. The van der Waals surface area contributed by atoms with Gasteiger partial charge < -0.3 is 10.1 Å². The van der Waals surface area contributed by atoms with Gasteiger partial charge in [-0.2, -0.15) is 0 Å². The Balaban J connectivity index is 1.28. The summed E-state index contributed by atoms with van der Waals surface area (Å²) < 4.78 is 5.87. The fourth-order valence-electron chi connectivity index (χ4n) is 5.47. The zero-order chi connectivity index (χ0) is 20.5. The predicted molar refractivity (Wildman–Crippen MR) is 120 cm³/mol. The molecule has 2 atom stereocenters. The van der Waals surface area contributed by atoms with Crippen molar-refractivity contribution < 1.29 is 9.53 Å². The van der Waals surface area contributed by atoms with E-state index in [-0.39, 0.29) is 18.2 Å². The van der Waals surface area contributed by atoms with Crippen molar-refractivity contribution in [1.29, 1.82) is 0 Å². The molecule has 30 heavy (non-hydrogen) atoms. The average Bonchev–Trinajstić information content (AvgIpc) is 2.80. The van der Waals surface area contributed by atoms with Crippen molar-refractivity contribution in [2.75, 3.05) is 19.6 Å². The number of alkyl carbamates (subject to hydrolysis) is 1. The molecule has 4 aliphatic rings. The molecule has 0 radical (unpaired) electrons. The highest BCUT2D eigenvalue weighted by Gasteiger charge is 2.37. The number of ether oxygens (including phenoxy) is 1. The Hall–Kier alpha value is -2.33. The number of piperidine rings is 3. The molecule has 1 unspecified atom stereocenters. The first-order chi connectivity index (χ1) is 14.7. The van der Waals surface area contributed by atoms with Crippen LogP contribution in [-0.2, 0) is 17.6 Å². The Labute approximate surface area is 179 Å². The van der Waals surface area contributed by atoms with Crippen LogP contribution in [0.5, 0.6) is 0 Å². The highest BCUT2D eigenvalue weighted by molar-refractivity contribution is 5.69. The lowest BCUT2D eigenvalue weighted by molar-refractivity contribution is -0.0340. The average molecular weight is 405 g/mol. The van der Waals surface area contributed by atoms with Gasteiger partial charge in [0.05, 0.1) is 6.04 Å². The lowest BCUT2D eigenvalue weighted by Crippen LogP contribution is -2.52. The van der Waals surface area contributed by atoms with Crippen molar-refractivity contribution in [3.8, 4) is 11.1 Å². The number of nitrogens with one attached hydrogen (secondary N) is 1. The van der Waals surface area contributed by atoms with Gasteiger partial charge in [0.1, 0.15) is 6.10 Å². The van der Waals surface area contributed by atoms with E-state index in [4.69, 9.17) is 4.74 Å². The molecule has 6 rings (SSSR count). The van der Waals surface area contributed by atoms with Gasteiger partial charge in [-0.3, -0.25) is 4.90 Å². The van der Waals surface area contributed by atoms with Crippen molar-refractivity contribution in [2.24, 2.45) is 5.92 Å². The minimum Gasteiger partial charge on any atom is -0.445 e. The lowest BCUT2D eigenvalue weighted by atomic mass is 9.85. The number of aryl methyl sites for hydroxylation is 2. The topological polar surface area (TPSA) is 41.6 Å². The van der Waals surface area contributed by atoms with Crippen LogP contribution in [0.4, 0.5) is 4.79 Å². The first-order valence-corrected chi connectivity index (χ1v) is 11.6. The summed E-state index contributed by atoms with van der Waals surface area (Å²) >= 11 is 0. The zero-order valence-corrected chi connectivity index (χ0v) is 17.9.